The van der Waals surface area contributed by atoms with Gasteiger partial charge in [0.2, 0.25) is 0 Å². The van der Waals surface area contributed by atoms with Crippen molar-refractivity contribution in [1.82, 2.24) is 4.90 Å². The van der Waals surface area contributed by atoms with Crippen LogP contribution in [0.25, 0.3) is 0 Å². The van der Waals surface area contributed by atoms with E-state index in [1.165, 1.54) is 44.4 Å². The predicted octanol–water partition coefficient (Wildman–Crippen LogP) is 3.27. The summed E-state index contributed by atoms with van der Waals surface area (Å²) in [5.41, 5.74) is -0.126. The molecule has 1 aliphatic rings. The Morgan fingerprint density at radius 1 is 0.895 bits per heavy atom. The molecule has 2 aromatic carbocycles. The molecule has 0 aliphatic carbocycles. The lowest BCUT2D eigenvalue weighted by atomic mass is 9.93. The first kappa shape index (κ1) is 28.5. The molecule has 38 heavy (non-hydrogen) atoms. The number of esters is 3. The van der Waals surface area contributed by atoms with Gasteiger partial charge >= 0.3 is 17.9 Å². The van der Waals surface area contributed by atoms with Crippen LogP contribution in [-0.4, -0.2) is 74.3 Å². The molecule has 1 amide bonds. The first-order chi connectivity index (χ1) is 18.0. The van der Waals surface area contributed by atoms with Crippen molar-refractivity contribution < 1.29 is 42.9 Å². The smallest absolute Gasteiger partial charge is 0.337 e. The van der Waals surface area contributed by atoms with E-state index in [0.29, 0.717) is 5.56 Å². The van der Waals surface area contributed by atoms with Crippen LogP contribution < -0.4 is 9.47 Å². The van der Waals surface area contributed by atoms with Gasteiger partial charge in [0.05, 0.1) is 39.9 Å². The normalized spacial score (nSPS) is 18.9. The van der Waals surface area contributed by atoms with Crippen molar-refractivity contribution in [3.63, 3.8) is 0 Å². The van der Waals surface area contributed by atoms with Crippen molar-refractivity contribution in [2.45, 2.75) is 44.9 Å². The second-order valence-electron chi connectivity index (χ2n) is 9.76. The van der Waals surface area contributed by atoms with Gasteiger partial charge in [-0.05, 0) is 51.1 Å². The molecular weight excluding hydrogens is 494 g/mol. The van der Waals surface area contributed by atoms with Crippen LogP contribution in [0.3, 0.4) is 0 Å². The minimum Gasteiger partial charge on any atom is -0.493 e. The van der Waals surface area contributed by atoms with Gasteiger partial charge in [0.25, 0.3) is 5.91 Å². The van der Waals surface area contributed by atoms with Crippen molar-refractivity contribution in [2.24, 2.45) is 5.92 Å². The van der Waals surface area contributed by atoms with Gasteiger partial charge < -0.3 is 28.6 Å². The minimum absolute atomic E-state index is 0.0110. The fourth-order valence-corrected chi connectivity index (χ4v) is 4.37. The summed E-state index contributed by atoms with van der Waals surface area (Å²) in [6.45, 7) is 5.21. The Labute approximate surface area is 221 Å². The van der Waals surface area contributed by atoms with E-state index >= 15 is 0 Å². The molecule has 10 heteroatoms. The van der Waals surface area contributed by atoms with Crippen molar-refractivity contribution >= 4 is 23.8 Å². The van der Waals surface area contributed by atoms with E-state index in [1.807, 2.05) is 0 Å². The highest BCUT2D eigenvalue weighted by Gasteiger charge is 2.51. The van der Waals surface area contributed by atoms with Crippen LogP contribution in [0.5, 0.6) is 11.5 Å². The molecular formula is C28H33NO9. The number of hydrogen-bond acceptors (Lipinski definition) is 9. The zero-order chi connectivity index (χ0) is 28.0. The van der Waals surface area contributed by atoms with Crippen LogP contribution in [-0.2, 0) is 23.8 Å². The Bertz CT molecular complexity index is 1170. The van der Waals surface area contributed by atoms with E-state index in [9.17, 15) is 19.2 Å². The van der Waals surface area contributed by atoms with Crippen LogP contribution in [0.2, 0.25) is 0 Å². The zero-order valence-corrected chi connectivity index (χ0v) is 22.4. The molecule has 1 saturated heterocycles. The Morgan fingerprint density at radius 2 is 1.58 bits per heavy atom. The summed E-state index contributed by atoms with van der Waals surface area (Å²) in [7, 11) is 3.91. The molecule has 0 aromatic heterocycles. The number of methoxy groups -OCH3 is 3. The molecule has 0 saturated carbocycles. The lowest BCUT2D eigenvalue weighted by molar-refractivity contribution is -0.157. The highest BCUT2D eigenvalue weighted by Crippen LogP contribution is 2.37. The van der Waals surface area contributed by atoms with E-state index in [1.54, 1.807) is 51.1 Å². The largest absolute Gasteiger partial charge is 0.493 e. The maximum atomic E-state index is 13.5. The Balaban J connectivity index is 2.01. The lowest BCUT2D eigenvalue weighted by Crippen LogP contribution is -2.44. The molecule has 0 bridgehead atoms. The van der Waals surface area contributed by atoms with Crippen molar-refractivity contribution in [2.75, 3.05) is 27.9 Å². The summed E-state index contributed by atoms with van der Waals surface area (Å²) in [5.74, 6) is -2.48. The first-order valence-corrected chi connectivity index (χ1v) is 12.1. The van der Waals surface area contributed by atoms with Crippen molar-refractivity contribution in [1.29, 1.82) is 0 Å². The predicted molar refractivity (Wildman–Crippen MR) is 136 cm³/mol. The third kappa shape index (κ3) is 6.62. The average molecular weight is 528 g/mol. The number of amides is 1. The molecule has 1 unspecified atom stereocenters. The Kier molecular flexibility index (Phi) is 8.98. The molecule has 204 valence electrons. The third-order valence-electron chi connectivity index (χ3n) is 6.01. The standard InChI is InChI=1S/C28H33NO9/c1-28(2,3)38-23(30)15-19-22(37-20-13-12-18(26(32)35-5)14-21(20)34-4)16-29(24(19)27(33)36-6)25(31)17-10-8-7-9-11-17/h7-14,19,22,24H,15-16H2,1-6H3/t19-,22?,24-/m0/s1. The van der Waals surface area contributed by atoms with E-state index in [2.05, 4.69) is 0 Å². The molecule has 2 aromatic rings. The van der Waals surface area contributed by atoms with Gasteiger partial charge in [-0.15, -0.1) is 0 Å². The van der Waals surface area contributed by atoms with Crippen LogP contribution >= 0.6 is 0 Å². The highest BCUT2D eigenvalue weighted by atomic mass is 16.6. The van der Waals surface area contributed by atoms with Crippen LogP contribution in [0.4, 0.5) is 0 Å². The summed E-state index contributed by atoms with van der Waals surface area (Å²) in [6.07, 6.45) is -1.01. The van der Waals surface area contributed by atoms with Gasteiger partial charge in [-0.25, -0.2) is 9.59 Å². The van der Waals surface area contributed by atoms with Gasteiger partial charge in [-0.1, -0.05) is 18.2 Å². The maximum Gasteiger partial charge on any atom is 0.337 e. The Morgan fingerprint density at radius 3 is 2.16 bits per heavy atom. The van der Waals surface area contributed by atoms with Crippen molar-refractivity contribution in [3.05, 3.63) is 59.7 Å². The summed E-state index contributed by atoms with van der Waals surface area (Å²) in [6, 6.07) is 11.9. The minimum atomic E-state index is -1.11. The summed E-state index contributed by atoms with van der Waals surface area (Å²) < 4.78 is 27.0. The maximum absolute atomic E-state index is 13.5. The topological polar surface area (TPSA) is 118 Å². The molecule has 0 N–H and O–H groups in total. The molecule has 3 rings (SSSR count). The number of hydrogen-bond donors (Lipinski definition) is 0. The number of carbonyl (C=O) groups is 4. The van der Waals surface area contributed by atoms with Crippen LogP contribution in [0.15, 0.2) is 48.5 Å². The number of benzene rings is 2. The summed E-state index contributed by atoms with van der Waals surface area (Å²) in [4.78, 5) is 52.7. The third-order valence-corrected chi connectivity index (χ3v) is 6.01. The number of rotatable bonds is 8. The number of ether oxygens (including phenoxy) is 5. The molecule has 0 radical (unpaired) electrons. The zero-order valence-electron chi connectivity index (χ0n) is 22.4. The molecule has 3 atom stereocenters. The van der Waals surface area contributed by atoms with E-state index in [4.69, 9.17) is 23.7 Å². The Hall–Kier alpha value is -4.08. The van der Waals surface area contributed by atoms with Crippen LogP contribution in [0, 0.1) is 5.92 Å². The second-order valence-corrected chi connectivity index (χ2v) is 9.76. The fraction of sp³-hybridized carbons (Fsp3) is 0.429. The van der Waals surface area contributed by atoms with Gasteiger partial charge in [-0.2, -0.15) is 0 Å². The van der Waals surface area contributed by atoms with Gasteiger partial charge in [0.15, 0.2) is 11.5 Å². The number of nitrogens with zero attached hydrogens (tertiary/aromatic N) is 1. The SMILES string of the molecule is COC(=O)c1ccc(OC2CN(C(=O)c3ccccc3)[C@H](C(=O)OC)[C@H]2CC(=O)OC(C)(C)C)c(OC)c1. The van der Waals surface area contributed by atoms with Gasteiger partial charge in [-0.3, -0.25) is 9.59 Å². The molecule has 0 spiro atoms. The summed E-state index contributed by atoms with van der Waals surface area (Å²) >= 11 is 0. The second kappa shape index (κ2) is 12.0. The summed E-state index contributed by atoms with van der Waals surface area (Å²) in [5, 5.41) is 0. The molecule has 1 fully saturated rings. The monoisotopic (exact) mass is 527 g/mol. The van der Waals surface area contributed by atoms with E-state index in [0.717, 1.165) is 0 Å². The molecule has 10 nitrogen and oxygen atoms in total. The number of likely N-dealkylation sites (tertiary alicyclic amines) is 1. The fourth-order valence-electron chi connectivity index (χ4n) is 4.37. The van der Waals surface area contributed by atoms with E-state index in [-0.39, 0.29) is 30.0 Å². The highest BCUT2D eigenvalue weighted by molar-refractivity contribution is 5.97. The quantitative estimate of drug-likeness (QED) is 0.376. The van der Waals surface area contributed by atoms with E-state index < -0.39 is 47.5 Å². The first-order valence-electron chi connectivity index (χ1n) is 12.1. The average Bonchev–Trinajstić information content (AvgIpc) is 3.24. The van der Waals surface area contributed by atoms with Crippen LogP contribution in [0.1, 0.15) is 47.9 Å². The molecule has 1 heterocycles. The van der Waals surface area contributed by atoms with Crippen molar-refractivity contribution in [3.8, 4) is 11.5 Å². The van der Waals surface area contributed by atoms with Gasteiger partial charge in [0.1, 0.15) is 17.7 Å². The van der Waals surface area contributed by atoms with Gasteiger partial charge in [0, 0.05) is 11.5 Å². The lowest BCUT2D eigenvalue weighted by Gasteiger charge is -2.27. The number of carbonyl (C=O) groups excluding carboxylic acids is 4. The molecule has 1 aliphatic heterocycles.